The van der Waals surface area contributed by atoms with E-state index in [9.17, 15) is 4.79 Å². The first-order valence-electron chi connectivity index (χ1n) is 6.95. The first kappa shape index (κ1) is 14.5. The van der Waals surface area contributed by atoms with Gasteiger partial charge in [0.25, 0.3) is 0 Å². The Hall–Kier alpha value is -0.870. The highest BCUT2D eigenvalue weighted by molar-refractivity contribution is 9.10. The van der Waals surface area contributed by atoms with Crippen molar-refractivity contribution in [2.75, 3.05) is 18.4 Å². The fraction of sp³-hybridized carbons (Fsp3) is 0.533. The number of nitrogens with one attached hydrogen (secondary N) is 1. The number of alkyl halides is 1. The molecule has 19 heavy (non-hydrogen) atoms. The van der Waals surface area contributed by atoms with Crippen LogP contribution in [0.3, 0.4) is 0 Å². The summed E-state index contributed by atoms with van der Waals surface area (Å²) in [7, 11) is 0. The van der Waals surface area contributed by atoms with Crippen molar-refractivity contribution in [3.05, 3.63) is 29.8 Å². The van der Waals surface area contributed by atoms with Crippen LogP contribution in [0.5, 0.6) is 0 Å². The fourth-order valence-electron chi connectivity index (χ4n) is 2.30. The average Bonchev–Trinajstić information content (AvgIpc) is 2.93. The molecular formula is C15H21BrN2O. The van der Waals surface area contributed by atoms with E-state index in [1.165, 1.54) is 31.5 Å². The highest BCUT2D eigenvalue weighted by Gasteiger charge is 2.13. The molecule has 3 nitrogen and oxygen atoms in total. The third-order valence-electron chi connectivity index (χ3n) is 3.47. The van der Waals surface area contributed by atoms with Crippen LogP contribution in [0.15, 0.2) is 24.3 Å². The molecule has 0 aromatic heterocycles. The van der Waals surface area contributed by atoms with Crippen molar-refractivity contribution in [3.8, 4) is 0 Å². The zero-order valence-electron chi connectivity index (χ0n) is 11.4. The molecule has 1 aromatic carbocycles. The molecule has 104 valence electrons. The second-order valence-corrected chi connectivity index (χ2v) is 6.15. The number of rotatable bonds is 5. The smallest absolute Gasteiger partial charge is 0.238 e. The van der Waals surface area contributed by atoms with Gasteiger partial charge in [0.1, 0.15) is 0 Å². The number of halogens is 1. The van der Waals surface area contributed by atoms with Crippen LogP contribution in [0.2, 0.25) is 0 Å². The van der Waals surface area contributed by atoms with E-state index in [0.29, 0.717) is 0 Å². The molecule has 1 aliphatic rings. The Kier molecular flexibility index (Phi) is 5.40. The molecule has 1 amide bonds. The Morgan fingerprint density at radius 2 is 1.95 bits per heavy atom. The van der Waals surface area contributed by atoms with E-state index >= 15 is 0 Å². The van der Waals surface area contributed by atoms with Crippen molar-refractivity contribution in [1.82, 2.24) is 4.90 Å². The minimum absolute atomic E-state index is 0.0230. The molecule has 0 aliphatic carbocycles. The number of hydrogen-bond acceptors (Lipinski definition) is 2. The molecule has 1 N–H and O–H groups in total. The third kappa shape index (κ3) is 4.32. The number of hydrogen-bond donors (Lipinski definition) is 1. The third-order valence-corrected chi connectivity index (χ3v) is 4.53. The van der Waals surface area contributed by atoms with Crippen molar-refractivity contribution in [3.63, 3.8) is 0 Å². The standard InChI is InChI=1S/C15H21BrN2O/c1-2-14(16)15(19)17-13-7-5-12(6-8-13)11-18-9-3-4-10-18/h5-8,14H,2-4,9-11H2,1H3,(H,17,19). The Morgan fingerprint density at radius 3 is 2.53 bits per heavy atom. The lowest BCUT2D eigenvalue weighted by Gasteiger charge is -2.15. The quantitative estimate of drug-likeness (QED) is 0.842. The van der Waals surface area contributed by atoms with E-state index in [1.54, 1.807) is 0 Å². The minimum Gasteiger partial charge on any atom is -0.325 e. The molecule has 1 unspecified atom stereocenters. The van der Waals surface area contributed by atoms with Gasteiger partial charge in [0.05, 0.1) is 4.83 Å². The topological polar surface area (TPSA) is 32.3 Å². The number of benzene rings is 1. The number of carbonyl (C=O) groups excluding carboxylic acids is 1. The Bertz CT molecular complexity index is 413. The van der Waals surface area contributed by atoms with Gasteiger partial charge in [0.15, 0.2) is 0 Å². The van der Waals surface area contributed by atoms with Gasteiger partial charge in [-0.05, 0) is 50.0 Å². The van der Waals surface area contributed by atoms with Crippen LogP contribution in [0.1, 0.15) is 31.7 Å². The van der Waals surface area contributed by atoms with Crippen molar-refractivity contribution in [2.45, 2.75) is 37.6 Å². The predicted octanol–water partition coefficient (Wildman–Crippen LogP) is 3.39. The molecule has 4 heteroatoms. The molecule has 0 saturated carbocycles. The monoisotopic (exact) mass is 324 g/mol. The van der Waals surface area contributed by atoms with Crippen LogP contribution in [-0.2, 0) is 11.3 Å². The van der Waals surface area contributed by atoms with Crippen LogP contribution in [0, 0.1) is 0 Å². The van der Waals surface area contributed by atoms with Crippen LogP contribution in [-0.4, -0.2) is 28.7 Å². The average molecular weight is 325 g/mol. The van der Waals surface area contributed by atoms with E-state index < -0.39 is 0 Å². The lowest BCUT2D eigenvalue weighted by Crippen LogP contribution is -2.22. The molecule has 1 fully saturated rings. The van der Waals surface area contributed by atoms with Gasteiger partial charge in [-0.25, -0.2) is 0 Å². The predicted molar refractivity (Wildman–Crippen MR) is 82.6 cm³/mol. The van der Waals surface area contributed by atoms with Gasteiger partial charge >= 0.3 is 0 Å². The summed E-state index contributed by atoms with van der Waals surface area (Å²) in [5.74, 6) is 0.0230. The van der Waals surface area contributed by atoms with Gasteiger partial charge in [0.2, 0.25) is 5.91 Å². The summed E-state index contributed by atoms with van der Waals surface area (Å²) in [5.41, 5.74) is 2.18. The summed E-state index contributed by atoms with van der Waals surface area (Å²) in [5, 5.41) is 2.91. The van der Waals surface area contributed by atoms with Gasteiger partial charge in [-0.1, -0.05) is 35.0 Å². The van der Waals surface area contributed by atoms with Crippen LogP contribution in [0.4, 0.5) is 5.69 Å². The molecule has 1 atom stereocenters. The Labute approximate surface area is 123 Å². The second kappa shape index (κ2) is 7.06. The van der Waals surface area contributed by atoms with Crippen molar-refractivity contribution in [2.24, 2.45) is 0 Å². The number of likely N-dealkylation sites (tertiary alicyclic amines) is 1. The van der Waals surface area contributed by atoms with Crippen LogP contribution < -0.4 is 5.32 Å². The van der Waals surface area contributed by atoms with E-state index in [-0.39, 0.29) is 10.7 Å². The van der Waals surface area contributed by atoms with Gasteiger partial charge < -0.3 is 5.32 Å². The molecule has 0 bridgehead atoms. The number of anilines is 1. The first-order chi connectivity index (χ1) is 9.19. The highest BCUT2D eigenvalue weighted by Crippen LogP contribution is 2.16. The summed E-state index contributed by atoms with van der Waals surface area (Å²) in [6.07, 6.45) is 3.43. The van der Waals surface area contributed by atoms with E-state index in [2.05, 4.69) is 38.3 Å². The number of carbonyl (C=O) groups is 1. The maximum absolute atomic E-state index is 11.7. The number of amides is 1. The molecule has 1 saturated heterocycles. The summed E-state index contributed by atoms with van der Waals surface area (Å²) >= 11 is 3.35. The van der Waals surface area contributed by atoms with E-state index in [1.807, 2.05) is 19.1 Å². The zero-order valence-corrected chi connectivity index (χ0v) is 12.9. The summed E-state index contributed by atoms with van der Waals surface area (Å²) in [6.45, 7) is 5.42. The van der Waals surface area contributed by atoms with Gasteiger partial charge in [-0.3, -0.25) is 9.69 Å². The van der Waals surface area contributed by atoms with Crippen LogP contribution >= 0.6 is 15.9 Å². The number of nitrogens with zero attached hydrogens (tertiary/aromatic N) is 1. The molecule has 0 radical (unpaired) electrons. The second-order valence-electron chi connectivity index (χ2n) is 5.05. The molecule has 2 rings (SSSR count). The van der Waals surface area contributed by atoms with Crippen molar-refractivity contribution >= 4 is 27.5 Å². The molecule has 1 aromatic rings. The largest absolute Gasteiger partial charge is 0.325 e. The molecule has 0 spiro atoms. The van der Waals surface area contributed by atoms with Crippen LogP contribution in [0.25, 0.3) is 0 Å². The highest BCUT2D eigenvalue weighted by atomic mass is 79.9. The summed E-state index contributed by atoms with van der Waals surface area (Å²) in [6, 6.07) is 8.17. The fourth-order valence-corrected chi connectivity index (χ4v) is 2.41. The molecule has 1 heterocycles. The summed E-state index contributed by atoms with van der Waals surface area (Å²) < 4.78 is 0. The van der Waals surface area contributed by atoms with Gasteiger partial charge in [-0.15, -0.1) is 0 Å². The van der Waals surface area contributed by atoms with Crippen molar-refractivity contribution < 1.29 is 4.79 Å². The van der Waals surface area contributed by atoms with Gasteiger partial charge in [-0.2, -0.15) is 0 Å². The van der Waals surface area contributed by atoms with Gasteiger partial charge in [0, 0.05) is 12.2 Å². The molecule has 1 aliphatic heterocycles. The molecular weight excluding hydrogens is 304 g/mol. The van der Waals surface area contributed by atoms with Crippen molar-refractivity contribution in [1.29, 1.82) is 0 Å². The zero-order chi connectivity index (χ0) is 13.7. The first-order valence-corrected chi connectivity index (χ1v) is 7.87. The summed E-state index contributed by atoms with van der Waals surface area (Å²) in [4.78, 5) is 14.1. The van der Waals surface area contributed by atoms with E-state index in [0.717, 1.165) is 18.7 Å². The normalized spacial score (nSPS) is 17.4. The van der Waals surface area contributed by atoms with E-state index in [4.69, 9.17) is 0 Å². The SMILES string of the molecule is CCC(Br)C(=O)Nc1ccc(CN2CCCC2)cc1. The lowest BCUT2D eigenvalue weighted by atomic mass is 10.2. The lowest BCUT2D eigenvalue weighted by molar-refractivity contribution is -0.115. The minimum atomic E-state index is -0.114. The Morgan fingerprint density at radius 1 is 1.32 bits per heavy atom. The maximum atomic E-state index is 11.7. The Balaban J connectivity index is 1.88. The maximum Gasteiger partial charge on any atom is 0.238 e.